The SMILES string of the molecule is CC1(C)C(O)CC1NC(=O)/C=C/c1ccc(Cl)s1. The highest BCUT2D eigenvalue weighted by Crippen LogP contribution is 2.40. The number of aliphatic hydroxyl groups excluding tert-OH is 1. The number of aliphatic hydroxyl groups is 1. The number of hydrogen-bond donors (Lipinski definition) is 2. The maximum atomic E-state index is 11.7. The van der Waals surface area contributed by atoms with Crippen molar-refractivity contribution in [2.24, 2.45) is 5.41 Å². The van der Waals surface area contributed by atoms with Crippen molar-refractivity contribution in [1.82, 2.24) is 5.32 Å². The summed E-state index contributed by atoms with van der Waals surface area (Å²) in [7, 11) is 0. The Labute approximate surface area is 115 Å². The van der Waals surface area contributed by atoms with Gasteiger partial charge < -0.3 is 10.4 Å². The van der Waals surface area contributed by atoms with Gasteiger partial charge in [-0.25, -0.2) is 0 Å². The molecule has 3 nitrogen and oxygen atoms in total. The molecule has 0 bridgehead atoms. The average Bonchev–Trinajstić information content (AvgIpc) is 2.72. The monoisotopic (exact) mass is 285 g/mol. The Balaban J connectivity index is 1.88. The van der Waals surface area contributed by atoms with Gasteiger partial charge in [-0.3, -0.25) is 4.79 Å². The largest absolute Gasteiger partial charge is 0.392 e. The van der Waals surface area contributed by atoms with E-state index in [-0.39, 0.29) is 23.5 Å². The van der Waals surface area contributed by atoms with Crippen LogP contribution in [0.25, 0.3) is 6.08 Å². The lowest BCUT2D eigenvalue weighted by Crippen LogP contribution is -2.60. The Morgan fingerprint density at radius 3 is 2.83 bits per heavy atom. The van der Waals surface area contributed by atoms with Gasteiger partial charge in [-0.1, -0.05) is 25.4 Å². The molecule has 1 heterocycles. The number of rotatable bonds is 3. The second kappa shape index (κ2) is 5.03. The molecule has 98 valence electrons. The minimum Gasteiger partial charge on any atom is -0.392 e. The van der Waals surface area contributed by atoms with Crippen molar-refractivity contribution in [2.75, 3.05) is 0 Å². The van der Waals surface area contributed by atoms with E-state index in [4.69, 9.17) is 11.6 Å². The minimum atomic E-state index is -0.331. The Morgan fingerprint density at radius 1 is 1.61 bits per heavy atom. The highest BCUT2D eigenvalue weighted by Gasteiger charge is 2.47. The number of carbonyl (C=O) groups is 1. The molecule has 2 N–H and O–H groups in total. The van der Waals surface area contributed by atoms with E-state index in [1.807, 2.05) is 19.9 Å². The summed E-state index contributed by atoms with van der Waals surface area (Å²) < 4.78 is 0.707. The van der Waals surface area contributed by atoms with Crippen LogP contribution in [-0.4, -0.2) is 23.2 Å². The first-order chi connectivity index (χ1) is 8.39. The lowest BCUT2D eigenvalue weighted by atomic mass is 9.64. The summed E-state index contributed by atoms with van der Waals surface area (Å²) in [6.07, 6.45) is 3.54. The van der Waals surface area contributed by atoms with Gasteiger partial charge in [0, 0.05) is 22.4 Å². The third kappa shape index (κ3) is 2.76. The highest BCUT2D eigenvalue weighted by atomic mass is 35.5. The fourth-order valence-corrected chi connectivity index (χ4v) is 2.91. The molecule has 2 unspecified atom stereocenters. The van der Waals surface area contributed by atoms with Gasteiger partial charge in [0.1, 0.15) is 0 Å². The zero-order valence-corrected chi connectivity index (χ0v) is 11.9. The topological polar surface area (TPSA) is 49.3 Å². The zero-order chi connectivity index (χ0) is 13.3. The van der Waals surface area contributed by atoms with E-state index < -0.39 is 0 Å². The molecule has 1 aromatic rings. The van der Waals surface area contributed by atoms with E-state index >= 15 is 0 Å². The smallest absolute Gasteiger partial charge is 0.244 e. The van der Waals surface area contributed by atoms with Crippen LogP contribution in [-0.2, 0) is 4.79 Å². The molecule has 1 aliphatic carbocycles. The van der Waals surface area contributed by atoms with Crippen LogP contribution in [0.2, 0.25) is 4.34 Å². The first-order valence-corrected chi connectivity index (χ1v) is 7.01. The van der Waals surface area contributed by atoms with Crippen molar-refractivity contribution in [3.63, 3.8) is 0 Å². The van der Waals surface area contributed by atoms with Crippen LogP contribution in [0, 0.1) is 5.41 Å². The molecule has 0 saturated heterocycles. The molecular formula is C13H16ClNO2S. The van der Waals surface area contributed by atoms with Crippen molar-refractivity contribution in [1.29, 1.82) is 0 Å². The quantitative estimate of drug-likeness (QED) is 0.839. The predicted octanol–water partition coefficient (Wildman–Crippen LogP) is 2.69. The van der Waals surface area contributed by atoms with E-state index in [0.717, 1.165) is 4.88 Å². The molecule has 0 aliphatic heterocycles. The van der Waals surface area contributed by atoms with Gasteiger partial charge in [-0.05, 0) is 24.6 Å². The molecule has 18 heavy (non-hydrogen) atoms. The third-order valence-corrected chi connectivity index (χ3v) is 4.72. The number of halogens is 1. The number of nitrogens with one attached hydrogen (secondary N) is 1. The molecule has 1 aliphatic rings. The lowest BCUT2D eigenvalue weighted by molar-refractivity contribution is -0.124. The summed E-state index contributed by atoms with van der Waals surface area (Å²) in [6, 6.07) is 3.71. The Morgan fingerprint density at radius 2 is 2.33 bits per heavy atom. The average molecular weight is 286 g/mol. The highest BCUT2D eigenvalue weighted by molar-refractivity contribution is 7.17. The van der Waals surface area contributed by atoms with Gasteiger partial charge in [0.25, 0.3) is 0 Å². The maximum Gasteiger partial charge on any atom is 0.244 e. The van der Waals surface area contributed by atoms with Crippen molar-refractivity contribution in [3.05, 3.63) is 27.4 Å². The molecule has 1 aromatic heterocycles. The molecule has 2 rings (SSSR count). The standard InChI is InChI=1S/C13H16ClNO2S/c1-13(2)9(7-10(13)16)15-12(17)6-4-8-3-5-11(14)18-8/h3-6,9-10,16H,7H2,1-2H3,(H,15,17)/b6-4+. The maximum absolute atomic E-state index is 11.7. The molecule has 5 heteroatoms. The van der Waals surface area contributed by atoms with Gasteiger partial charge in [-0.15, -0.1) is 11.3 Å². The van der Waals surface area contributed by atoms with E-state index in [1.165, 1.54) is 17.4 Å². The number of carbonyl (C=O) groups excluding carboxylic acids is 1. The van der Waals surface area contributed by atoms with Crippen LogP contribution in [0.4, 0.5) is 0 Å². The zero-order valence-electron chi connectivity index (χ0n) is 10.3. The van der Waals surface area contributed by atoms with Crippen LogP contribution in [0.3, 0.4) is 0 Å². The van der Waals surface area contributed by atoms with Gasteiger partial charge in [0.2, 0.25) is 5.91 Å². The Kier molecular flexibility index (Phi) is 3.80. The molecule has 0 spiro atoms. The second-order valence-electron chi connectivity index (χ2n) is 5.11. The second-order valence-corrected chi connectivity index (χ2v) is 6.86. The summed E-state index contributed by atoms with van der Waals surface area (Å²) in [5, 5.41) is 12.5. The van der Waals surface area contributed by atoms with Gasteiger partial charge in [-0.2, -0.15) is 0 Å². The number of amides is 1. The summed E-state index contributed by atoms with van der Waals surface area (Å²) in [6.45, 7) is 3.91. The van der Waals surface area contributed by atoms with Crippen LogP contribution in [0.15, 0.2) is 18.2 Å². The van der Waals surface area contributed by atoms with Crippen molar-refractivity contribution < 1.29 is 9.90 Å². The summed E-state index contributed by atoms with van der Waals surface area (Å²) in [4.78, 5) is 12.7. The molecule has 1 amide bonds. The fourth-order valence-electron chi connectivity index (χ4n) is 1.94. The lowest BCUT2D eigenvalue weighted by Gasteiger charge is -2.49. The van der Waals surface area contributed by atoms with Gasteiger partial charge >= 0.3 is 0 Å². The van der Waals surface area contributed by atoms with E-state index in [0.29, 0.717) is 10.8 Å². The molecule has 1 fully saturated rings. The first-order valence-electron chi connectivity index (χ1n) is 5.81. The first kappa shape index (κ1) is 13.6. The molecule has 0 radical (unpaired) electrons. The predicted molar refractivity (Wildman–Crippen MR) is 74.7 cm³/mol. The third-order valence-electron chi connectivity index (χ3n) is 3.53. The van der Waals surface area contributed by atoms with E-state index in [2.05, 4.69) is 5.32 Å². The van der Waals surface area contributed by atoms with Crippen molar-refractivity contribution >= 4 is 34.9 Å². The van der Waals surface area contributed by atoms with Crippen LogP contribution in [0.5, 0.6) is 0 Å². The normalized spacial score (nSPS) is 26.0. The molecule has 2 atom stereocenters. The Hall–Kier alpha value is -0.840. The fraction of sp³-hybridized carbons (Fsp3) is 0.462. The number of thiophene rings is 1. The minimum absolute atomic E-state index is 0.0385. The van der Waals surface area contributed by atoms with Crippen molar-refractivity contribution in [2.45, 2.75) is 32.4 Å². The van der Waals surface area contributed by atoms with Gasteiger partial charge in [0.15, 0.2) is 0 Å². The summed E-state index contributed by atoms with van der Waals surface area (Å²) in [5.41, 5.74) is -0.240. The van der Waals surface area contributed by atoms with E-state index in [9.17, 15) is 9.90 Å². The van der Waals surface area contributed by atoms with Gasteiger partial charge in [0.05, 0.1) is 10.4 Å². The van der Waals surface area contributed by atoms with Crippen LogP contribution in [0.1, 0.15) is 25.1 Å². The van der Waals surface area contributed by atoms with Crippen LogP contribution >= 0.6 is 22.9 Å². The Bertz CT molecular complexity index is 481. The van der Waals surface area contributed by atoms with Crippen LogP contribution < -0.4 is 5.32 Å². The van der Waals surface area contributed by atoms with Crippen molar-refractivity contribution in [3.8, 4) is 0 Å². The summed E-state index contributed by atoms with van der Waals surface area (Å²) in [5.74, 6) is -0.135. The summed E-state index contributed by atoms with van der Waals surface area (Å²) >= 11 is 7.23. The van der Waals surface area contributed by atoms with E-state index in [1.54, 1.807) is 12.1 Å². The molecule has 1 saturated carbocycles. The number of hydrogen-bond acceptors (Lipinski definition) is 3. The molecular weight excluding hydrogens is 270 g/mol. The molecule has 0 aromatic carbocycles.